The van der Waals surface area contributed by atoms with Gasteiger partial charge in [0.05, 0.1) is 20.9 Å². The van der Waals surface area contributed by atoms with E-state index < -0.39 is 9.84 Å². The SMILES string of the molecule is CCN(CC)CCN(C(=O)CCCS(=O)(=O)c1ccc(C)cc1)c1nc2c(C)ccc(C)c2s1. The Morgan fingerprint density at radius 1 is 0.941 bits per heavy atom. The standard InChI is InChI=1S/C26H35N3O3S2/c1-6-28(7-2)16-17-29(26-27-24-20(4)12-13-21(5)25(24)33-26)23(30)9-8-18-34(31,32)22-14-10-19(3)11-15-22/h10-15H,6-9,16-18H2,1-5H3. The molecule has 0 fully saturated rings. The molecule has 0 aliphatic rings. The van der Waals surface area contributed by atoms with Gasteiger partial charge >= 0.3 is 0 Å². The van der Waals surface area contributed by atoms with E-state index in [1.807, 2.05) is 13.8 Å². The first-order valence-electron chi connectivity index (χ1n) is 11.8. The summed E-state index contributed by atoms with van der Waals surface area (Å²) in [5.41, 5.74) is 4.18. The van der Waals surface area contributed by atoms with Crippen LogP contribution in [-0.2, 0) is 14.6 Å². The van der Waals surface area contributed by atoms with Crippen LogP contribution >= 0.6 is 11.3 Å². The molecule has 0 saturated heterocycles. The third-order valence-corrected chi connectivity index (χ3v) is 9.21. The molecule has 2 aromatic carbocycles. The number of amides is 1. The molecule has 0 radical (unpaired) electrons. The van der Waals surface area contributed by atoms with E-state index in [1.54, 1.807) is 29.2 Å². The topological polar surface area (TPSA) is 70.6 Å². The van der Waals surface area contributed by atoms with Crippen LogP contribution in [0.15, 0.2) is 41.3 Å². The number of hydrogen-bond donors (Lipinski definition) is 0. The summed E-state index contributed by atoms with van der Waals surface area (Å²) in [6.07, 6.45) is 0.441. The molecule has 0 atom stereocenters. The Balaban J connectivity index is 1.77. The van der Waals surface area contributed by atoms with Crippen LogP contribution in [0.4, 0.5) is 5.13 Å². The van der Waals surface area contributed by atoms with Gasteiger partial charge in [-0.25, -0.2) is 13.4 Å². The Bertz CT molecular complexity index is 1190. The van der Waals surface area contributed by atoms with Crippen molar-refractivity contribution < 1.29 is 13.2 Å². The zero-order chi connectivity index (χ0) is 24.9. The fourth-order valence-electron chi connectivity index (χ4n) is 3.88. The first-order chi connectivity index (χ1) is 16.2. The van der Waals surface area contributed by atoms with Crippen molar-refractivity contribution in [3.05, 3.63) is 53.1 Å². The van der Waals surface area contributed by atoms with Gasteiger partial charge in [-0.2, -0.15) is 0 Å². The highest BCUT2D eigenvalue weighted by Gasteiger charge is 2.22. The second-order valence-corrected chi connectivity index (χ2v) is 11.8. The molecule has 0 spiro atoms. The van der Waals surface area contributed by atoms with Crippen molar-refractivity contribution in [2.24, 2.45) is 0 Å². The summed E-state index contributed by atoms with van der Waals surface area (Å²) < 4.78 is 26.5. The first-order valence-corrected chi connectivity index (χ1v) is 14.3. The van der Waals surface area contributed by atoms with Crippen LogP contribution in [-0.4, -0.2) is 56.1 Å². The van der Waals surface area contributed by atoms with Gasteiger partial charge in [-0.1, -0.05) is 55.0 Å². The van der Waals surface area contributed by atoms with Gasteiger partial charge < -0.3 is 4.90 Å². The van der Waals surface area contributed by atoms with Crippen molar-refractivity contribution in [3.8, 4) is 0 Å². The van der Waals surface area contributed by atoms with E-state index >= 15 is 0 Å². The average Bonchev–Trinajstić information content (AvgIpc) is 3.26. The number of fused-ring (bicyclic) bond motifs is 1. The lowest BCUT2D eigenvalue weighted by Crippen LogP contribution is -2.38. The normalized spacial score (nSPS) is 11.9. The van der Waals surface area contributed by atoms with E-state index in [2.05, 4.69) is 37.8 Å². The molecule has 0 aliphatic carbocycles. The summed E-state index contributed by atoms with van der Waals surface area (Å²) >= 11 is 1.54. The van der Waals surface area contributed by atoms with Crippen LogP contribution in [0.2, 0.25) is 0 Å². The Hall–Kier alpha value is -2.29. The maximum Gasteiger partial charge on any atom is 0.228 e. The molecule has 6 nitrogen and oxygen atoms in total. The lowest BCUT2D eigenvalue weighted by Gasteiger charge is -2.24. The van der Waals surface area contributed by atoms with Crippen LogP contribution in [0.25, 0.3) is 10.2 Å². The molecule has 1 aromatic heterocycles. The number of hydrogen-bond acceptors (Lipinski definition) is 6. The van der Waals surface area contributed by atoms with Crippen molar-refractivity contribution in [1.82, 2.24) is 9.88 Å². The average molecular weight is 502 g/mol. The third kappa shape index (κ3) is 6.23. The summed E-state index contributed by atoms with van der Waals surface area (Å²) in [4.78, 5) is 22.5. The number of likely N-dealkylation sites (N-methyl/N-ethyl adjacent to an activating group) is 1. The van der Waals surface area contributed by atoms with E-state index in [0.29, 0.717) is 16.6 Å². The number of anilines is 1. The van der Waals surface area contributed by atoms with E-state index in [9.17, 15) is 13.2 Å². The van der Waals surface area contributed by atoms with Crippen molar-refractivity contribution in [2.45, 2.75) is 52.4 Å². The molecule has 3 rings (SSSR count). The fourth-order valence-corrected chi connectivity index (χ4v) is 6.35. The molecule has 1 heterocycles. The molecule has 34 heavy (non-hydrogen) atoms. The van der Waals surface area contributed by atoms with Gasteiger partial charge in [0.2, 0.25) is 5.91 Å². The Morgan fingerprint density at radius 3 is 2.21 bits per heavy atom. The molecule has 0 N–H and O–H groups in total. The number of aromatic nitrogens is 1. The summed E-state index contributed by atoms with van der Waals surface area (Å²) in [5, 5.41) is 0.686. The van der Waals surface area contributed by atoms with E-state index in [4.69, 9.17) is 4.98 Å². The number of nitrogens with zero attached hydrogens (tertiary/aromatic N) is 3. The van der Waals surface area contributed by atoms with Gasteiger partial charge in [0.15, 0.2) is 15.0 Å². The molecule has 184 valence electrons. The van der Waals surface area contributed by atoms with Crippen molar-refractivity contribution in [3.63, 3.8) is 0 Å². The fraction of sp³-hybridized carbons (Fsp3) is 0.462. The summed E-state index contributed by atoms with van der Waals surface area (Å²) in [6, 6.07) is 11.0. The molecular weight excluding hydrogens is 466 g/mol. The molecule has 0 saturated carbocycles. The summed E-state index contributed by atoms with van der Waals surface area (Å²) in [5.74, 6) is -0.135. The number of carbonyl (C=O) groups is 1. The van der Waals surface area contributed by atoms with Gasteiger partial charge in [0, 0.05) is 19.5 Å². The van der Waals surface area contributed by atoms with E-state index in [1.165, 1.54) is 11.3 Å². The number of rotatable bonds is 11. The molecular formula is C26H35N3O3S2. The van der Waals surface area contributed by atoms with Gasteiger partial charge in [-0.05, 0) is 63.5 Å². The summed E-state index contributed by atoms with van der Waals surface area (Å²) in [7, 11) is -3.42. The molecule has 8 heteroatoms. The monoisotopic (exact) mass is 501 g/mol. The predicted octanol–water partition coefficient (Wildman–Crippen LogP) is 5.15. The number of thiazole rings is 1. The quantitative estimate of drug-likeness (QED) is 0.363. The van der Waals surface area contributed by atoms with Crippen molar-refractivity contribution in [2.75, 3.05) is 36.8 Å². The minimum Gasteiger partial charge on any atom is -0.302 e. The van der Waals surface area contributed by atoms with Gasteiger partial charge in [0.1, 0.15) is 0 Å². The Morgan fingerprint density at radius 2 is 1.59 bits per heavy atom. The second kappa shape index (κ2) is 11.4. The highest BCUT2D eigenvalue weighted by atomic mass is 32.2. The molecule has 3 aromatic rings. The minimum absolute atomic E-state index is 0.0518. The highest BCUT2D eigenvalue weighted by Crippen LogP contribution is 2.33. The third-order valence-electron chi connectivity index (χ3n) is 6.18. The van der Waals surface area contributed by atoms with Crippen LogP contribution in [0.1, 0.15) is 43.4 Å². The summed E-state index contributed by atoms with van der Waals surface area (Å²) in [6.45, 7) is 13.3. The number of carbonyl (C=O) groups excluding carboxylic acids is 1. The molecule has 0 unspecified atom stereocenters. The van der Waals surface area contributed by atoms with E-state index in [0.717, 1.165) is 46.5 Å². The maximum atomic E-state index is 13.3. The largest absolute Gasteiger partial charge is 0.302 e. The predicted molar refractivity (Wildman–Crippen MR) is 142 cm³/mol. The molecule has 0 bridgehead atoms. The zero-order valence-corrected chi connectivity index (χ0v) is 22.4. The zero-order valence-electron chi connectivity index (χ0n) is 20.8. The Labute approximate surface area is 207 Å². The van der Waals surface area contributed by atoms with E-state index in [-0.39, 0.29) is 24.5 Å². The van der Waals surface area contributed by atoms with Crippen molar-refractivity contribution in [1.29, 1.82) is 0 Å². The molecule has 1 amide bonds. The second-order valence-electron chi connectivity index (χ2n) is 8.68. The van der Waals surface area contributed by atoms with Crippen LogP contribution in [0.5, 0.6) is 0 Å². The Kier molecular flexibility index (Phi) is 8.84. The highest BCUT2D eigenvalue weighted by molar-refractivity contribution is 7.91. The smallest absolute Gasteiger partial charge is 0.228 e. The maximum absolute atomic E-state index is 13.3. The lowest BCUT2D eigenvalue weighted by atomic mass is 10.1. The van der Waals surface area contributed by atoms with Gasteiger partial charge in [-0.3, -0.25) is 9.69 Å². The minimum atomic E-state index is -3.42. The number of benzene rings is 2. The lowest BCUT2D eigenvalue weighted by molar-refractivity contribution is -0.118. The molecule has 0 aliphatic heterocycles. The van der Waals surface area contributed by atoms with Crippen molar-refractivity contribution >= 4 is 42.4 Å². The van der Waals surface area contributed by atoms with Crippen LogP contribution < -0.4 is 4.90 Å². The van der Waals surface area contributed by atoms with Gasteiger partial charge in [-0.15, -0.1) is 0 Å². The van der Waals surface area contributed by atoms with Crippen LogP contribution in [0, 0.1) is 20.8 Å². The van der Waals surface area contributed by atoms with Crippen LogP contribution in [0.3, 0.4) is 0 Å². The number of aryl methyl sites for hydroxylation is 3. The first kappa shape index (κ1) is 26.3. The number of sulfone groups is 1. The van der Waals surface area contributed by atoms with Gasteiger partial charge in [0.25, 0.3) is 0 Å².